The molecule has 2 aliphatic heterocycles. The lowest BCUT2D eigenvalue weighted by Gasteiger charge is -2.43. The number of alkyl halides is 3. The standard InChI is InChI=1S/C21H21F3N2O3/c1-11-6-7-13-16(10-11)29-15-5-3-2-4-12(15)18(13)26-20(28)14-8-9-17(21(22,23)24)25-19(14)27/h6-10,12,14-15,18H,2-5H2,1H3,(H,26,28). The number of hydrogen-bond donors (Lipinski definition) is 1. The van der Waals surface area contributed by atoms with Crippen molar-refractivity contribution in [3.8, 4) is 5.75 Å². The highest BCUT2D eigenvalue weighted by Crippen LogP contribution is 2.45. The van der Waals surface area contributed by atoms with Crippen molar-refractivity contribution < 1.29 is 27.5 Å². The number of benzene rings is 1. The van der Waals surface area contributed by atoms with E-state index in [1.807, 2.05) is 25.1 Å². The minimum absolute atomic E-state index is 0.0317. The second kappa shape index (κ2) is 7.31. The van der Waals surface area contributed by atoms with Crippen molar-refractivity contribution in [2.45, 2.75) is 50.9 Å². The highest BCUT2D eigenvalue weighted by atomic mass is 19.4. The minimum Gasteiger partial charge on any atom is -0.490 e. The van der Waals surface area contributed by atoms with Gasteiger partial charge in [-0.1, -0.05) is 24.6 Å². The van der Waals surface area contributed by atoms with Crippen LogP contribution in [0.1, 0.15) is 42.9 Å². The molecule has 1 aliphatic carbocycles. The molecule has 1 saturated carbocycles. The largest absolute Gasteiger partial charge is 0.490 e. The van der Waals surface area contributed by atoms with Crippen LogP contribution < -0.4 is 10.1 Å². The van der Waals surface area contributed by atoms with E-state index in [-0.39, 0.29) is 18.1 Å². The van der Waals surface area contributed by atoms with Crippen LogP contribution >= 0.6 is 0 Å². The number of rotatable bonds is 2. The fraction of sp³-hybridized carbons (Fsp3) is 0.476. The van der Waals surface area contributed by atoms with E-state index in [9.17, 15) is 22.8 Å². The van der Waals surface area contributed by atoms with Crippen molar-refractivity contribution in [3.05, 3.63) is 41.5 Å². The summed E-state index contributed by atoms with van der Waals surface area (Å²) >= 11 is 0. The summed E-state index contributed by atoms with van der Waals surface area (Å²) in [7, 11) is 0. The molecule has 1 fully saturated rings. The van der Waals surface area contributed by atoms with Crippen molar-refractivity contribution >= 4 is 17.5 Å². The number of carbonyl (C=O) groups is 2. The molecule has 5 nitrogen and oxygen atoms in total. The van der Waals surface area contributed by atoms with Gasteiger partial charge in [-0.05, 0) is 43.9 Å². The quantitative estimate of drug-likeness (QED) is 0.760. The SMILES string of the molecule is Cc1ccc2c(c1)OC1CCCCC1C2NC(=O)C1C=CC(C(F)(F)F)=NC1=O. The maximum Gasteiger partial charge on any atom is 0.433 e. The van der Waals surface area contributed by atoms with Crippen LogP contribution in [-0.4, -0.2) is 29.8 Å². The Balaban J connectivity index is 1.58. The number of allylic oxidation sites excluding steroid dienone is 1. The first kappa shape index (κ1) is 19.7. The number of aliphatic imine (C=N–C) groups is 1. The average Bonchev–Trinajstić information content (AvgIpc) is 2.66. The number of carbonyl (C=O) groups excluding carboxylic acids is 2. The molecule has 0 bridgehead atoms. The summed E-state index contributed by atoms with van der Waals surface area (Å²) in [6.07, 6.45) is 0.717. The average molecular weight is 406 g/mol. The van der Waals surface area contributed by atoms with E-state index in [1.54, 1.807) is 0 Å². The minimum atomic E-state index is -4.72. The van der Waals surface area contributed by atoms with Crippen molar-refractivity contribution in [1.82, 2.24) is 5.32 Å². The number of halogens is 3. The summed E-state index contributed by atoms with van der Waals surface area (Å²) in [5, 5.41) is 2.91. The third-order valence-electron chi connectivity index (χ3n) is 5.78. The van der Waals surface area contributed by atoms with Gasteiger partial charge in [0.05, 0.1) is 6.04 Å². The Kier molecular flexibility index (Phi) is 4.96. The summed E-state index contributed by atoms with van der Waals surface area (Å²) in [5.74, 6) is -2.34. The molecule has 4 atom stereocenters. The van der Waals surface area contributed by atoms with Gasteiger partial charge in [0.2, 0.25) is 5.91 Å². The van der Waals surface area contributed by atoms with Gasteiger partial charge < -0.3 is 10.1 Å². The monoisotopic (exact) mass is 406 g/mol. The number of fused-ring (bicyclic) bond motifs is 2. The third kappa shape index (κ3) is 3.80. The van der Waals surface area contributed by atoms with Crippen LogP contribution in [0.2, 0.25) is 0 Å². The Labute approximate surface area is 166 Å². The smallest absolute Gasteiger partial charge is 0.433 e. The molecule has 1 N–H and O–H groups in total. The molecule has 8 heteroatoms. The van der Waals surface area contributed by atoms with E-state index in [1.165, 1.54) is 0 Å². The van der Waals surface area contributed by atoms with Crippen molar-refractivity contribution in [2.24, 2.45) is 16.8 Å². The van der Waals surface area contributed by atoms with Crippen molar-refractivity contribution in [3.63, 3.8) is 0 Å². The lowest BCUT2D eigenvalue weighted by molar-refractivity contribution is -0.133. The lowest BCUT2D eigenvalue weighted by atomic mass is 9.76. The van der Waals surface area contributed by atoms with Gasteiger partial charge in [-0.25, -0.2) is 4.99 Å². The van der Waals surface area contributed by atoms with E-state index < -0.39 is 29.6 Å². The summed E-state index contributed by atoms with van der Waals surface area (Å²) in [4.78, 5) is 28.0. The molecule has 29 heavy (non-hydrogen) atoms. The first-order valence-corrected chi connectivity index (χ1v) is 9.69. The molecule has 2 heterocycles. The molecule has 4 rings (SSSR count). The fourth-order valence-electron chi connectivity index (χ4n) is 4.33. The Bertz CT molecular complexity index is 907. The zero-order valence-corrected chi connectivity index (χ0v) is 15.8. The van der Waals surface area contributed by atoms with Gasteiger partial charge in [-0.15, -0.1) is 0 Å². The fourth-order valence-corrected chi connectivity index (χ4v) is 4.33. The zero-order chi connectivity index (χ0) is 20.8. The van der Waals surface area contributed by atoms with E-state index >= 15 is 0 Å². The molecular weight excluding hydrogens is 385 g/mol. The third-order valence-corrected chi connectivity index (χ3v) is 5.78. The van der Waals surface area contributed by atoms with Gasteiger partial charge in [-0.2, -0.15) is 13.2 Å². The number of hydrogen-bond acceptors (Lipinski definition) is 3. The first-order valence-electron chi connectivity index (χ1n) is 9.69. The Morgan fingerprint density at radius 1 is 1.24 bits per heavy atom. The Morgan fingerprint density at radius 3 is 2.72 bits per heavy atom. The van der Waals surface area contributed by atoms with Crippen molar-refractivity contribution in [2.75, 3.05) is 0 Å². The van der Waals surface area contributed by atoms with Gasteiger partial charge in [0.15, 0.2) is 0 Å². The predicted molar refractivity (Wildman–Crippen MR) is 99.6 cm³/mol. The van der Waals surface area contributed by atoms with E-state index in [0.717, 1.165) is 42.9 Å². The zero-order valence-electron chi connectivity index (χ0n) is 15.8. The second-order valence-corrected chi connectivity index (χ2v) is 7.80. The van der Waals surface area contributed by atoms with E-state index in [0.29, 0.717) is 11.8 Å². The highest BCUT2D eigenvalue weighted by molar-refractivity contribution is 6.14. The molecule has 0 saturated heterocycles. The highest BCUT2D eigenvalue weighted by Gasteiger charge is 2.43. The van der Waals surface area contributed by atoms with Crippen LogP contribution in [0.25, 0.3) is 0 Å². The normalized spacial score (nSPS) is 28.7. The summed E-state index contributed by atoms with van der Waals surface area (Å²) in [6.45, 7) is 1.95. The summed E-state index contributed by atoms with van der Waals surface area (Å²) < 4.78 is 44.4. The van der Waals surface area contributed by atoms with E-state index in [2.05, 4.69) is 10.3 Å². The maximum atomic E-state index is 12.8. The van der Waals surface area contributed by atoms with Crippen LogP contribution in [0.4, 0.5) is 13.2 Å². The first-order chi connectivity index (χ1) is 13.7. The second-order valence-electron chi connectivity index (χ2n) is 7.80. The van der Waals surface area contributed by atoms with Crippen LogP contribution in [0.15, 0.2) is 35.3 Å². The summed E-state index contributed by atoms with van der Waals surface area (Å²) in [6, 6.07) is 5.39. The molecule has 1 aromatic rings. The molecule has 4 unspecified atom stereocenters. The van der Waals surface area contributed by atoms with Gasteiger partial charge >= 0.3 is 6.18 Å². The number of amides is 2. The van der Waals surface area contributed by atoms with E-state index in [4.69, 9.17) is 4.74 Å². The van der Waals surface area contributed by atoms with Crippen LogP contribution in [-0.2, 0) is 9.59 Å². The van der Waals surface area contributed by atoms with Crippen molar-refractivity contribution in [1.29, 1.82) is 0 Å². The lowest BCUT2D eigenvalue weighted by Crippen LogP contribution is -2.47. The maximum absolute atomic E-state index is 12.8. The number of dihydropyridines is 1. The molecule has 0 radical (unpaired) electrons. The molecule has 0 aromatic heterocycles. The van der Waals surface area contributed by atoms with Gasteiger partial charge in [0.1, 0.15) is 23.5 Å². The number of ether oxygens (including phenoxy) is 1. The number of nitrogens with one attached hydrogen (secondary N) is 1. The Morgan fingerprint density at radius 2 is 2.00 bits per heavy atom. The predicted octanol–water partition coefficient (Wildman–Crippen LogP) is 3.82. The number of aryl methyl sites for hydroxylation is 1. The van der Waals surface area contributed by atoms with Gasteiger partial charge in [-0.3, -0.25) is 9.59 Å². The van der Waals surface area contributed by atoms with Crippen LogP contribution in [0.3, 0.4) is 0 Å². The molecule has 2 amide bonds. The molecular formula is C21H21F3N2O3. The van der Waals surface area contributed by atoms with Gasteiger partial charge in [0.25, 0.3) is 5.91 Å². The topological polar surface area (TPSA) is 67.8 Å². The van der Waals surface area contributed by atoms with Crippen LogP contribution in [0, 0.1) is 18.8 Å². The summed E-state index contributed by atoms with van der Waals surface area (Å²) in [5.41, 5.74) is 0.576. The van der Waals surface area contributed by atoms with Gasteiger partial charge in [0, 0.05) is 11.5 Å². The molecule has 154 valence electrons. The Hall–Kier alpha value is -2.64. The molecule has 3 aliphatic rings. The molecule has 1 aromatic carbocycles. The molecule has 0 spiro atoms. The number of nitrogens with zero attached hydrogens (tertiary/aromatic N) is 1. The van der Waals surface area contributed by atoms with Crippen LogP contribution in [0.5, 0.6) is 5.75 Å².